The standard InChI is InChI=1S/C24H39N4P/c1-19(16-23-10-7-6-8-11-23)21(3)26-17-20(2)27-24(18-25-5)22(4)28-12-9-14-29-15-13-28/h6-8,10-11,19,24-27,29H,2-4,9,12-18H2,1,5H3. The quantitative estimate of drug-likeness (QED) is 0.458. The van der Waals surface area contributed by atoms with Crippen LogP contribution in [0.2, 0.25) is 0 Å². The minimum absolute atomic E-state index is 0.158. The van der Waals surface area contributed by atoms with Gasteiger partial charge in [-0.25, -0.2) is 0 Å². The zero-order valence-electron chi connectivity index (χ0n) is 18.3. The molecule has 3 unspecified atom stereocenters. The molecule has 160 valence electrons. The summed E-state index contributed by atoms with van der Waals surface area (Å²) in [4.78, 5) is 2.45. The maximum absolute atomic E-state index is 4.41. The first kappa shape index (κ1) is 23.5. The van der Waals surface area contributed by atoms with Crippen molar-refractivity contribution in [3.63, 3.8) is 0 Å². The Morgan fingerprint density at radius 1 is 1.14 bits per heavy atom. The van der Waals surface area contributed by atoms with E-state index < -0.39 is 0 Å². The zero-order valence-corrected chi connectivity index (χ0v) is 19.3. The fraction of sp³-hybridized carbons (Fsp3) is 0.500. The average Bonchev–Trinajstić information content (AvgIpc) is 3.01. The monoisotopic (exact) mass is 414 g/mol. The van der Waals surface area contributed by atoms with Crippen molar-refractivity contribution >= 4 is 8.58 Å². The molecule has 0 bridgehead atoms. The summed E-state index contributed by atoms with van der Waals surface area (Å²) in [5.74, 6) is 0.367. The molecule has 0 saturated carbocycles. The predicted molar refractivity (Wildman–Crippen MR) is 130 cm³/mol. The van der Waals surface area contributed by atoms with Crippen LogP contribution in [0.15, 0.2) is 67.2 Å². The largest absolute Gasteiger partial charge is 0.383 e. The highest BCUT2D eigenvalue weighted by Gasteiger charge is 2.19. The molecule has 3 N–H and O–H groups in total. The van der Waals surface area contributed by atoms with E-state index in [0.717, 1.165) is 46.0 Å². The smallest absolute Gasteiger partial charge is 0.0777 e. The van der Waals surface area contributed by atoms with Gasteiger partial charge in [-0.1, -0.05) is 57.0 Å². The van der Waals surface area contributed by atoms with Crippen LogP contribution in [0.5, 0.6) is 0 Å². The molecule has 1 aliphatic heterocycles. The zero-order chi connectivity index (χ0) is 21.1. The molecule has 29 heavy (non-hydrogen) atoms. The number of benzene rings is 1. The van der Waals surface area contributed by atoms with E-state index in [1.165, 1.54) is 30.0 Å². The molecule has 0 spiro atoms. The van der Waals surface area contributed by atoms with E-state index in [-0.39, 0.29) is 6.04 Å². The minimum atomic E-state index is 0.158. The molecule has 0 radical (unpaired) electrons. The van der Waals surface area contributed by atoms with E-state index >= 15 is 0 Å². The molecular weight excluding hydrogens is 375 g/mol. The van der Waals surface area contributed by atoms with E-state index in [1.807, 2.05) is 7.05 Å². The van der Waals surface area contributed by atoms with Crippen molar-refractivity contribution in [1.29, 1.82) is 0 Å². The molecule has 0 aromatic heterocycles. The maximum Gasteiger partial charge on any atom is 0.0777 e. The number of hydrogen-bond donors (Lipinski definition) is 3. The van der Waals surface area contributed by atoms with Gasteiger partial charge in [0.2, 0.25) is 0 Å². The van der Waals surface area contributed by atoms with Crippen LogP contribution in [0, 0.1) is 5.92 Å². The Morgan fingerprint density at radius 3 is 2.62 bits per heavy atom. The topological polar surface area (TPSA) is 39.3 Å². The summed E-state index contributed by atoms with van der Waals surface area (Å²) < 4.78 is 0. The lowest BCUT2D eigenvalue weighted by Gasteiger charge is -2.32. The second kappa shape index (κ2) is 12.7. The van der Waals surface area contributed by atoms with Crippen molar-refractivity contribution in [1.82, 2.24) is 20.9 Å². The van der Waals surface area contributed by atoms with Gasteiger partial charge in [-0.2, -0.15) is 0 Å². The molecule has 1 heterocycles. The van der Waals surface area contributed by atoms with Crippen LogP contribution in [-0.4, -0.2) is 56.5 Å². The van der Waals surface area contributed by atoms with E-state index in [0.29, 0.717) is 12.5 Å². The SMILES string of the molecule is C=C(CNC(=C)C(C)Cc1ccccc1)NC(CNC)C(=C)N1CCCPCC1. The summed E-state index contributed by atoms with van der Waals surface area (Å²) in [6, 6.07) is 10.7. The van der Waals surface area contributed by atoms with Gasteiger partial charge in [-0.15, -0.1) is 8.58 Å². The molecule has 3 atom stereocenters. The van der Waals surface area contributed by atoms with Gasteiger partial charge in [-0.3, -0.25) is 0 Å². The van der Waals surface area contributed by atoms with Gasteiger partial charge in [0.05, 0.1) is 12.6 Å². The number of rotatable bonds is 12. The predicted octanol–water partition coefficient (Wildman–Crippen LogP) is 3.56. The lowest BCUT2D eigenvalue weighted by molar-refractivity contribution is 0.332. The summed E-state index contributed by atoms with van der Waals surface area (Å²) in [5.41, 5.74) is 4.53. The third-order valence-electron chi connectivity index (χ3n) is 5.44. The summed E-state index contributed by atoms with van der Waals surface area (Å²) in [5, 5.41) is 10.3. The average molecular weight is 415 g/mol. The summed E-state index contributed by atoms with van der Waals surface area (Å²) in [6.45, 7) is 18.8. The number of likely N-dealkylation sites (N-methyl/N-ethyl adjacent to an activating group) is 1. The van der Waals surface area contributed by atoms with E-state index in [4.69, 9.17) is 0 Å². The fourth-order valence-corrected chi connectivity index (χ4v) is 4.68. The lowest BCUT2D eigenvalue weighted by atomic mass is 9.98. The Kier molecular flexibility index (Phi) is 10.3. The highest BCUT2D eigenvalue weighted by molar-refractivity contribution is 7.38. The molecule has 1 fully saturated rings. The van der Waals surface area contributed by atoms with Crippen LogP contribution in [0.4, 0.5) is 0 Å². The number of nitrogens with zero attached hydrogens (tertiary/aromatic N) is 1. The van der Waals surface area contributed by atoms with Crippen molar-refractivity contribution in [2.24, 2.45) is 5.92 Å². The van der Waals surface area contributed by atoms with Crippen molar-refractivity contribution in [3.8, 4) is 0 Å². The first-order chi connectivity index (χ1) is 14.0. The molecule has 1 aromatic carbocycles. The Bertz CT molecular complexity index is 650. The second-order valence-electron chi connectivity index (χ2n) is 7.91. The Labute approximate surface area is 179 Å². The molecule has 1 aliphatic rings. The van der Waals surface area contributed by atoms with Gasteiger partial charge < -0.3 is 20.9 Å². The van der Waals surface area contributed by atoms with Gasteiger partial charge in [0, 0.05) is 36.7 Å². The van der Waals surface area contributed by atoms with Gasteiger partial charge in [0.15, 0.2) is 0 Å². The van der Waals surface area contributed by atoms with Crippen molar-refractivity contribution < 1.29 is 0 Å². The molecule has 0 aliphatic carbocycles. The Morgan fingerprint density at radius 2 is 1.90 bits per heavy atom. The lowest BCUT2D eigenvalue weighted by Crippen LogP contribution is -2.45. The van der Waals surface area contributed by atoms with E-state index in [9.17, 15) is 0 Å². The van der Waals surface area contributed by atoms with Crippen molar-refractivity contribution in [3.05, 3.63) is 72.7 Å². The van der Waals surface area contributed by atoms with Gasteiger partial charge in [0.25, 0.3) is 0 Å². The first-order valence-corrected chi connectivity index (χ1v) is 12.1. The number of allylic oxidation sites excluding steroid dienone is 1. The van der Waals surface area contributed by atoms with Crippen molar-refractivity contribution in [2.45, 2.75) is 25.8 Å². The van der Waals surface area contributed by atoms with Crippen LogP contribution in [0.3, 0.4) is 0 Å². The third kappa shape index (κ3) is 8.24. The van der Waals surface area contributed by atoms with Gasteiger partial charge in [-0.05, 0) is 43.7 Å². The van der Waals surface area contributed by atoms with Crippen LogP contribution in [0.25, 0.3) is 0 Å². The molecule has 1 aromatic rings. The highest BCUT2D eigenvalue weighted by atomic mass is 31.1. The Balaban J connectivity index is 1.81. The molecule has 0 amide bonds. The summed E-state index contributed by atoms with van der Waals surface area (Å²) in [7, 11) is 3.08. The van der Waals surface area contributed by atoms with E-state index in [1.54, 1.807) is 0 Å². The number of nitrogens with one attached hydrogen (secondary N) is 3. The molecule has 2 rings (SSSR count). The molecule has 5 heteroatoms. The Hall–Kier alpha value is -1.77. The van der Waals surface area contributed by atoms with Crippen LogP contribution in [0.1, 0.15) is 18.9 Å². The third-order valence-corrected chi connectivity index (χ3v) is 6.73. The van der Waals surface area contributed by atoms with Crippen LogP contribution in [-0.2, 0) is 6.42 Å². The highest BCUT2D eigenvalue weighted by Crippen LogP contribution is 2.20. The fourth-order valence-electron chi connectivity index (χ4n) is 3.59. The van der Waals surface area contributed by atoms with Crippen LogP contribution < -0.4 is 16.0 Å². The van der Waals surface area contributed by atoms with Gasteiger partial charge in [0.1, 0.15) is 0 Å². The molecular formula is C24H39N4P. The summed E-state index contributed by atoms with van der Waals surface area (Å²) in [6.07, 6.45) is 4.90. The first-order valence-electron chi connectivity index (χ1n) is 10.7. The maximum atomic E-state index is 4.41. The number of hydrogen-bond acceptors (Lipinski definition) is 4. The molecule has 4 nitrogen and oxygen atoms in total. The van der Waals surface area contributed by atoms with Gasteiger partial charge >= 0.3 is 0 Å². The second-order valence-corrected chi connectivity index (χ2v) is 9.41. The van der Waals surface area contributed by atoms with E-state index in [2.05, 4.69) is 77.8 Å². The molecule has 1 saturated heterocycles. The normalized spacial score (nSPS) is 17.2. The van der Waals surface area contributed by atoms with Crippen molar-refractivity contribution in [2.75, 3.05) is 45.6 Å². The van der Waals surface area contributed by atoms with Crippen LogP contribution >= 0.6 is 8.58 Å². The minimum Gasteiger partial charge on any atom is -0.383 e. The summed E-state index contributed by atoms with van der Waals surface area (Å²) >= 11 is 0.